The molecular formula is C16H16N6OS2. The molecule has 2 aromatic rings. The number of nitrogens with two attached hydrogens (primary N) is 2. The second-order valence-electron chi connectivity index (χ2n) is 5.57. The quantitative estimate of drug-likeness (QED) is 0.782. The van der Waals surface area contributed by atoms with E-state index in [0.717, 1.165) is 18.5 Å². The molecule has 0 radical (unpaired) electrons. The van der Waals surface area contributed by atoms with Gasteiger partial charge in [-0.2, -0.15) is 10.5 Å². The van der Waals surface area contributed by atoms with Gasteiger partial charge >= 0.3 is 0 Å². The number of hydrogen-bond acceptors (Lipinski definition) is 9. The molecule has 0 aliphatic carbocycles. The minimum atomic E-state index is -0.0161. The van der Waals surface area contributed by atoms with Gasteiger partial charge in [0.1, 0.15) is 23.0 Å². The second-order valence-corrected chi connectivity index (χ2v) is 7.42. The van der Waals surface area contributed by atoms with E-state index in [1.165, 1.54) is 23.1 Å². The van der Waals surface area contributed by atoms with Crippen molar-refractivity contribution in [3.05, 3.63) is 27.8 Å². The highest BCUT2D eigenvalue weighted by Gasteiger charge is 2.27. The third kappa shape index (κ3) is 3.69. The van der Waals surface area contributed by atoms with Crippen molar-refractivity contribution < 1.29 is 4.74 Å². The number of nitriles is 2. The van der Waals surface area contributed by atoms with Crippen molar-refractivity contribution in [2.24, 2.45) is 0 Å². The highest BCUT2D eigenvalue weighted by Crippen LogP contribution is 2.37. The summed E-state index contributed by atoms with van der Waals surface area (Å²) in [5, 5.41) is 22.1. The van der Waals surface area contributed by atoms with Crippen LogP contribution < -0.4 is 11.5 Å². The first-order valence-electron chi connectivity index (χ1n) is 7.68. The maximum Gasteiger partial charge on any atom is 0.180 e. The lowest BCUT2D eigenvalue weighted by Gasteiger charge is -2.25. The van der Waals surface area contributed by atoms with E-state index in [1.54, 1.807) is 0 Å². The van der Waals surface area contributed by atoms with Gasteiger partial charge in [-0.3, -0.25) is 0 Å². The molecule has 128 valence electrons. The van der Waals surface area contributed by atoms with Crippen LogP contribution in [0.3, 0.4) is 0 Å². The minimum absolute atomic E-state index is 0.0161. The number of rotatable bonds is 4. The largest absolute Gasteiger partial charge is 0.383 e. The lowest BCUT2D eigenvalue weighted by molar-refractivity contribution is 0.0802. The van der Waals surface area contributed by atoms with E-state index in [2.05, 4.69) is 22.1 Å². The molecule has 1 saturated heterocycles. The van der Waals surface area contributed by atoms with Crippen molar-refractivity contribution in [3.63, 3.8) is 0 Å². The molecular weight excluding hydrogens is 356 g/mol. The zero-order valence-corrected chi connectivity index (χ0v) is 15.0. The molecule has 1 aliphatic heterocycles. The first-order chi connectivity index (χ1) is 12.1. The molecule has 3 rings (SSSR count). The Labute approximate surface area is 153 Å². The van der Waals surface area contributed by atoms with Gasteiger partial charge in [-0.1, -0.05) is 11.8 Å². The first kappa shape index (κ1) is 17.5. The third-order valence-corrected chi connectivity index (χ3v) is 5.68. The molecule has 0 saturated carbocycles. The number of nitrogen functional groups attached to an aromatic ring is 2. The number of anilines is 2. The van der Waals surface area contributed by atoms with Gasteiger partial charge in [-0.05, 0) is 18.4 Å². The topological polar surface area (TPSA) is 135 Å². The molecule has 4 N–H and O–H groups in total. The van der Waals surface area contributed by atoms with Gasteiger partial charge in [0.15, 0.2) is 5.13 Å². The Morgan fingerprint density at radius 1 is 1.28 bits per heavy atom. The summed E-state index contributed by atoms with van der Waals surface area (Å²) in [6, 6.07) is 4.33. The highest BCUT2D eigenvalue weighted by atomic mass is 32.2. The molecule has 7 nitrogen and oxygen atoms in total. The van der Waals surface area contributed by atoms with Gasteiger partial charge < -0.3 is 16.2 Å². The van der Waals surface area contributed by atoms with Gasteiger partial charge in [0.2, 0.25) is 0 Å². The summed E-state index contributed by atoms with van der Waals surface area (Å²) >= 11 is 2.74. The van der Waals surface area contributed by atoms with Crippen molar-refractivity contribution in [1.82, 2.24) is 9.97 Å². The van der Waals surface area contributed by atoms with Crippen molar-refractivity contribution in [2.75, 3.05) is 24.7 Å². The average molecular weight is 372 g/mol. The zero-order chi connectivity index (χ0) is 17.8. The fraction of sp³-hybridized carbons (Fsp3) is 0.375. The number of nitrogens with zero attached hydrogens (tertiary/aromatic N) is 4. The SMILES string of the molecule is N#Cc1c(N)nc(SCc2csc(N)n2)c(C#N)c1C1CCCOC1. The van der Waals surface area contributed by atoms with Crippen molar-refractivity contribution >= 4 is 34.0 Å². The Balaban J connectivity index is 1.99. The summed E-state index contributed by atoms with van der Waals surface area (Å²) in [7, 11) is 0. The highest BCUT2D eigenvalue weighted by molar-refractivity contribution is 7.98. The van der Waals surface area contributed by atoms with E-state index in [1.807, 2.05) is 5.38 Å². The standard InChI is InChI=1S/C16H16N6OS2/c17-4-11-13(9-2-1-3-23-6-9)12(5-18)15(22-14(11)19)24-7-10-8-25-16(20)21-10/h8-9H,1-3,6-7H2,(H2,19,22)(H2,20,21). The third-order valence-electron chi connectivity index (χ3n) is 3.95. The van der Waals surface area contributed by atoms with Crippen LogP contribution in [0.1, 0.15) is 41.1 Å². The lowest BCUT2D eigenvalue weighted by atomic mass is 9.88. The maximum atomic E-state index is 9.71. The van der Waals surface area contributed by atoms with Crippen LogP contribution in [0.4, 0.5) is 10.9 Å². The van der Waals surface area contributed by atoms with Crippen LogP contribution in [-0.2, 0) is 10.5 Å². The van der Waals surface area contributed by atoms with E-state index in [4.69, 9.17) is 16.2 Å². The van der Waals surface area contributed by atoms with Gasteiger partial charge in [0, 0.05) is 23.7 Å². The summed E-state index contributed by atoms with van der Waals surface area (Å²) in [6.45, 7) is 1.19. The second kappa shape index (κ2) is 7.70. The van der Waals surface area contributed by atoms with Crippen LogP contribution in [0.5, 0.6) is 0 Å². The fourth-order valence-corrected chi connectivity index (χ4v) is 4.40. The number of pyridine rings is 1. The van der Waals surface area contributed by atoms with Gasteiger partial charge in [0.05, 0.1) is 23.4 Å². The van der Waals surface area contributed by atoms with Crippen LogP contribution in [-0.4, -0.2) is 23.2 Å². The molecule has 1 aliphatic rings. The van der Waals surface area contributed by atoms with E-state index in [-0.39, 0.29) is 17.3 Å². The molecule has 1 fully saturated rings. The first-order valence-corrected chi connectivity index (χ1v) is 9.54. The number of ether oxygens (including phenoxy) is 1. The van der Waals surface area contributed by atoms with Crippen LogP contribution >= 0.6 is 23.1 Å². The molecule has 2 aromatic heterocycles. The predicted octanol–water partition coefficient (Wildman–Crippen LogP) is 2.63. The summed E-state index contributed by atoms with van der Waals surface area (Å²) in [5.41, 5.74) is 13.8. The number of hydrogen-bond donors (Lipinski definition) is 2. The van der Waals surface area contributed by atoms with Crippen molar-refractivity contribution in [2.45, 2.75) is 29.5 Å². The molecule has 0 aromatic carbocycles. The zero-order valence-electron chi connectivity index (χ0n) is 13.4. The molecule has 1 unspecified atom stereocenters. The van der Waals surface area contributed by atoms with Gasteiger partial charge in [-0.15, -0.1) is 11.3 Å². The monoisotopic (exact) mass is 372 g/mol. The Bertz CT molecular complexity index is 861. The molecule has 0 bridgehead atoms. The van der Waals surface area contributed by atoms with E-state index in [9.17, 15) is 10.5 Å². The lowest BCUT2D eigenvalue weighted by Crippen LogP contribution is -2.19. The summed E-state index contributed by atoms with van der Waals surface area (Å²) < 4.78 is 5.54. The Morgan fingerprint density at radius 2 is 2.08 bits per heavy atom. The van der Waals surface area contributed by atoms with E-state index < -0.39 is 0 Å². The summed E-state index contributed by atoms with van der Waals surface area (Å²) in [6.07, 6.45) is 1.75. The van der Waals surface area contributed by atoms with Crippen LogP contribution in [0.2, 0.25) is 0 Å². The maximum absolute atomic E-state index is 9.71. The van der Waals surface area contributed by atoms with Crippen LogP contribution in [0.15, 0.2) is 10.4 Å². The predicted molar refractivity (Wildman–Crippen MR) is 97.0 cm³/mol. The molecule has 0 amide bonds. The molecule has 1 atom stereocenters. The van der Waals surface area contributed by atoms with Crippen molar-refractivity contribution in [3.8, 4) is 12.1 Å². The Kier molecular flexibility index (Phi) is 5.39. The van der Waals surface area contributed by atoms with Crippen LogP contribution in [0, 0.1) is 22.7 Å². The van der Waals surface area contributed by atoms with Gasteiger partial charge in [0.25, 0.3) is 0 Å². The van der Waals surface area contributed by atoms with Gasteiger partial charge in [-0.25, -0.2) is 9.97 Å². The molecule has 9 heteroatoms. The van der Waals surface area contributed by atoms with Crippen LogP contribution in [0.25, 0.3) is 0 Å². The summed E-state index contributed by atoms with van der Waals surface area (Å²) in [4.78, 5) is 8.50. The molecule has 0 spiro atoms. The van der Waals surface area contributed by atoms with E-state index >= 15 is 0 Å². The minimum Gasteiger partial charge on any atom is -0.383 e. The van der Waals surface area contributed by atoms with E-state index in [0.29, 0.717) is 40.3 Å². The normalized spacial score (nSPS) is 17.0. The Hall–Kier alpha value is -2.33. The number of thiazole rings is 1. The molecule has 25 heavy (non-hydrogen) atoms. The van der Waals surface area contributed by atoms with Crippen molar-refractivity contribution in [1.29, 1.82) is 10.5 Å². The summed E-state index contributed by atoms with van der Waals surface area (Å²) in [5.74, 6) is 0.668. The number of aromatic nitrogens is 2. The number of thioether (sulfide) groups is 1. The average Bonchev–Trinajstić information content (AvgIpc) is 3.05. The Morgan fingerprint density at radius 3 is 2.68 bits per heavy atom. The molecule has 3 heterocycles. The fourth-order valence-electron chi connectivity index (χ4n) is 2.84. The smallest absolute Gasteiger partial charge is 0.180 e.